The largest absolute Gasteiger partial charge is 0.466 e. The fourth-order valence-corrected chi connectivity index (χ4v) is 4.67. The molecule has 2 N–H and O–H groups in total. The van der Waals surface area contributed by atoms with E-state index in [1.807, 2.05) is 5.32 Å². The molecular formula is C31H26F12N2O4. The molecule has 2 amide bonds. The number of amides is 2. The molecule has 0 radical (unpaired) electrons. The number of ether oxygens (including phenoxy) is 2. The SMILES string of the molecule is CCOC(=O)CCc1ccc(CC(NC(=O)NCC(F)(F)F)(c2cc(F)cc(OC(F)(F)C(F)F)c2)c2ccc(F)c(C(F)(F)F)c2)cc1. The Hall–Kier alpha value is -4.64. The van der Waals surface area contributed by atoms with E-state index in [4.69, 9.17) is 4.74 Å². The summed E-state index contributed by atoms with van der Waals surface area (Å²) in [5.74, 6) is -5.17. The molecular weight excluding hydrogens is 692 g/mol. The minimum atomic E-state index is -5.39. The monoisotopic (exact) mass is 718 g/mol. The molecule has 0 spiro atoms. The van der Waals surface area contributed by atoms with Gasteiger partial charge in [0.2, 0.25) is 0 Å². The number of rotatable bonds is 13. The van der Waals surface area contributed by atoms with Crippen molar-refractivity contribution in [2.45, 2.75) is 56.6 Å². The van der Waals surface area contributed by atoms with Crippen LogP contribution in [0, 0.1) is 11.6 Å². The molecule has 3 aromatic rings. The number of nitrogens with one attached hydrogen (secondary N) is 2. The summed E-state index contributed by atoms with van der Waals surface area (Å²) in [5.41, 5.74) is -5.52. The first-order chi connectivity index (χ1) is 22.6. The number of hydrogen-bond donors (Lipinski definition) is 2. The zero-order valence-corrected chi connectivity index (χ0v) is 25.1. The first-order valence-electron chi connectivity index (χ1n) is 14.0. The van der Waals surface area contributed by atoms with E-state index in [-0.39, 0.29) is 37.1 Å². The lowest BCUT2D eigenvalue weighted by Crippen LogP contribution is -2.53. The van der Waals surface area contributed by atoms with Gasteiger partial charge >= 0.3 is 36.9 Å². The number of benzene rings is 3. The highest BCUT2D eigenvalue weighted by Gasteiger charge is 2.45. The Morgan fingerprint density at radius 1 is 0.816 bits per heavy atom. The first kappa shape index (κ1) is 38.8. The Bertz CT molecular complexity index is 1610. The second-order valence-electron chi connectivity index (χ2n) is 10.5. The maximum Gasteiger partial charge on any atom is 0.461 e. The first-order valence-corrected chi connectivity index (χ1v) is 14.0. The standard InChI is InChI=1S/C31H26F12N2O4/c1-2-48-25(46)10-7-17-3-5-18(6-4-17)15-28(45-27(47)44-16-29(36,37)38,19-8-9-24(33)23(13-19)30(39,40)41)20-11-21(32)14-22(12-20)49-31(42,43)26(34)35/h3-6,8-9,11-14,26H,2,7,10,15-16H2,1H3,(H2,44,45,47). The lowest BCUT2D eigenvalue weighted by molar-refractivity contribution is -0.253. The molecule has 1 unspecified atom stereocenters. The molecule has 0 aromatic heterocycles. The molecule has 18 heteroatoms. The normalized spacial score (nSPS) is 13.5. The topological polar surface area (TPSA) is 76.7 Å². The molecule has 3 rings (SSSR count). The Morgan fingerprint density at radius 2 is 1.45 bits per heavy atom. The smallest absolute Gasteiger partial charge is 0.461 e. The van der Waals surface area contributed by atoms with E-state index in [0.717, 1.165) is 0 Å². The quantitative estimate of drug-likeness (QED) is 0.139. The summed E-state index contributed by atoms with van der Waals surface area (Å²) in [4.78, 5) is 24.7. The second-order valence-corrected chi connectivity index (χ2v) is 10.5. The van der Waals surface area contributed by atoms with Crippen LogP contribution in [-0.2, 0) is 34.1 Å². The van der Waals surface area contributed by atoms with Crippen LogP contribution in [0.25, 0.3) is 0 Å². The van der Waals surface area contributed by atoms with Crippen molar-refractivity contribution in [2.24, 2.45) is 0 Å². The second kappa shape index (κ2) is 15.3. The molecule has 0 saturated heterocycles. The average Bonchev–Trinajstić information content (AvgIpc) is 2.98. The Labute approximate surface area is 270 Å². The summed E-state index contributed by atoms with van der Waals surface area (Å²) in [5, 5.41) is 3.46. The van der Waals surface area contributed by atoms with E-state index in [0.29, 0.717) is 29.8 Å². The van der Waals surface area contributed by atoms with Gasteiger partial charge < -0.3 is 20.1 Å². The van der Waals surface area contributed by atoms with Crippen molar-refractivity contribution in [1.29, 1.82) is 0 Å². The molecule has 0 bridgehead atoms. The van der Waals surface area contributed by atoms with Crippen LogP contribution < -0.4 is 15.4 Å². The predicted octanol–water partition coefficient (Wildman–Crippen LogP) is 8.06. The zero-order valence-electron chi connectivity index (χ0n) is 25.1. The summed E-state index contributed by atoms with van der Waals surface area (Å²) < 4.78 is 172. The maximum absolute atomic E-state index is 15.0. The Morgan fingerprint density at radius 3 is 2.02 bits per heavy atom. The third-order valence-electron chi connectivity index (χ3n) is 6.83. The number of hydrogen-bond acceptors (Lipinski definition) is 4. The minimum Gasteiger partial charge on any atom is -0.466 e. The van der Waals surface area contributed by atoms with E-state index in [2.05, 4.69) is 4.74 Å². The number of carbonyl (C=O) groups is 2. The van der Waals surface area contributed by atoms with Crippen LogP contribution in [0.15, 0.2) is 60.7 Å². The van der Waals surface area contributed by atoms with E-state index in [1.54, 1.807) is 6.92 Å². The zero-order chi connectivity index (χ0) is 36.8. The molecule has 0 saturated carbocycles. The summed E-state index contributed by atoms with van der Waals surface area (Å²) in [6.45, 7) is -0.262. The Kier molecular flexibility index (Phi) is 12.1. The van der Waals surface area contributed by atoms with Crippen molar-refractivity contribution in [3.05, 3.63) is 100 Å². The molecule has 268 valence electrons. The molecule has 49 heavy (non-hydrogen) atoms. The van der Waals surface area contributed by atoms with Crippen LogP contribution in [0.4, 0.5) is 57.5 Å². The predicted molar refractivity (Wildman–Crippen MR) is 148 cm³/mol. The van der Waals surface area contributed by atoms with Crippen molar-refractivity contribution in [1.82, 2.24) is 10.6 Å². The van der Waals surface area contributed by atoms with Gasteiger partial charge in [0.25, 0.3) is 0 Å². The number of halogens is 12. The summed E-state index contributed by atoms with van der Waals surface area (Å²) in [7, 11) is 0. The highest BCUT2D eigenvalue weighted by Crippen LogP contribution is 2.41. The van der Waals surface area contributed by atoms with Gasteiger partial charge in [-0.05, 0) is 59.9 Å². The molecule has 1 atom stereocenters. The molecule has 0 aliphatic carbocycles. The molecule has 0 fully saturated rings. The van der Waals surface area contributed by atoms with Crippen LogP contribution in [0.2, 0.25) is 0 Å². The van der Waals surface area contributed by atoms with Crippen molar-refractivity contribution >= 4 is 12.0 Å². The van der Waals surface area contributed by atoms with Gasteiger partial charge in [-0.3, -0.25) is 4.79 Å². The number of alkyl halides is 10. The van der Waals surface area contributed by atoms with Crippen molar-refractivity contribution in [3.8, 4) is 5.75 Å². The fourth-order valence-electron chi connectivity index (χ4n) is 4.67. The lowest BCUT2D eigenvalue weighted by atomic mass is 9.77. The van der Waals surface area contributed by atoms with Gasteiger partial charge in [-0.1, -0.05) is 30.3 Å². The van der Waals surface area contributed by atoms with Crippen LogP contribution in [0.1, 0.15) is 41.2 Å². The maximum atomic E-state index is 15.0. The highest BCUT2D eigenvalue weighted by molar-refractivity contribution is 5.76. The molecule has 0 aliphatic rings. The number of carbonyl (C=O) groups excluding carboxylic acids is 2. The summed E-state index contributed by atoms with van der Waals surface area (Å²) in [6, 6.07) is 6.03. The highest BCUT2D eigenvalue weighted by atomic mass is 19.4. The number of aryl methyl sites for hydroxylation is 1. The Balaban J connectivity index is 2.28. The van der Waals surface area contributed by atoms with Crippen molar-refractivity contribution < 1.29 is 71.7 Å². The van der Waals surface area contributed by atoms with Crippen LogP contribution in [-0.4, -0.2) is 43.9 Å². The summed E-state index contributed by atoms with van der Waals surface area (Å²) >= 11 is 0. The van der Waals surface area contributed by atoms with E-state index < -0.39 is 89.5 Å². The van der Waals surface area contributed by atoms with Gasteiger partial charge in [0, 0.05) is 18.9 Å². The third-order valence-corrected chi connectivity index (χ3v) is 6.83. The summed E-state index contributed by atoms with van der Waals surface area (Å²) in [6.07, 6.45) is -20.7. The molecule has 6 nitrogen and oxygen atoms in total. The van der Waals surface area contributed by atoms with Crippen LogP contribution in [0.5, 0.6) is 5.75 Å². The van der Waals surface area contributed by atoms with Gasteiger partial charge in [-0.15, -0.1) is 0 Å². The van der Waals surface area contributed by atoms with Gasteiger partial charge in [0.05, 0.1) is 17.7 Å². The van der Waals surface area contributed by atoms with E-state index in [1.165, 1.54) is 29.6 Å². The van der Waals surface area contributed by atoms with Gasteiger partial charge in [-0.2, -0.15) is 43.9 Å². The third kappa shape index (κ3) is 10.7. The molecule has 0 heterocycles. The van der Waals surface area contributed by atoms with E-state index >= 15 is 0 Å². The van der Waals surface area contributed by atoms with Gasteiger partial charge in [-0.25, -0.2) is 13.6 Å². The number of esters is 1. The molecule has 3 aromatic carbocycles. The fraction of sp³-hybridized carbons (Fsp3) is 0.355. The average molecular weight is 719 g/mol. The van der Waals surface area contributed by atoms with Gasteiger partial charge in [0.1, 0.15) is 23.9 Å². The van der Waals surface area contributed by atoms with Crippen molar-refractivity contribution in [2.75, 3.05) is 13.2 Å². The van der Waals surface area contributed by atoms with E-state index in [9.17, 15) is 62.3 Å². The van der Waals surface area contributed by atoms with Crippen LogP contribution in [0.3, 0.4) is 0 Å². The molecule has 0 aliphatic heterocycles. The van der Waals surface area contributed by atoms with Crippen LogP contribution >= 0.6 is 0 Å². The van der Waals surface area contributed by atoms with Gasteiger partial charge in [0.15, 0.2) is 0 Å². The number of urea groups is 1. The lowest BCUT2D eigenvalue weighted by Gasteiger charge is -2.37. The minimum absolute atomic E-state index is 0.0524. The van der Waals surface area contributed by atoms with Crippen molar-refractivity contribution in [3.63, 3.8) is 0 Å².